The van der Waals surface area contributed by atoms with Crippen molar-refractivity contribution in [3.05, 3.63) is 95.7 Å². The quantitative estimate of drug-likeness (QED) is 0.263. The minimum absolute atomic E-state index is 0.0266. The number of nitrogens with zero attached hydrogens (tertiary/aromatic N) is 6. The number of hydrazine groups is 1. The summed E-state index contributed by atoms with van der Waals surface area (Å²) in [5, 5.41) is 21.6. The number of terminal acetylenes is 1. The van der Waals surface area contributed by atoms with Gasteiger partial charge in [-0.2, -0.15) is 10.1 Å². The van der Waals surface area contributed by atoms with Gasteiger partial charge in [0.2, 0.25) is 11.8 Å². The Morgan fingerprint density at radius 3 is 2.59 bits per heavy atom. The van der Waals surface area contributed by atoms with E-state index in [4.69, 9.17) is 6.42 Å². The predicted molar refractivity (Wildman–Crippen MR) is 173 cm³/mol. The van der Waals surface area contributed by atoms with Crippen molar-refractivity contribution in [2.75, 3.05) is 19.6 Å². The van der Waals surface area contributed by atoms with E-state index in [9.17, 15) is 19.5 Å². The third-order valence-corrected chi connectivity index (χ3v) is 8.55. The van der Waals surface area contributed by atoms with Crippen molar-refractivity contribution >= 4 is 28.7 Å². The van der Waals surface area contributed by atoms with Crippen LogP contribution in [0.5, 0.6) is 5.75 Å². The molecule has 2 saturated heterocycles. The smallest absolute Gasteiger partial charge is 0.332 e. The number of hydrogen-bond donors (Lipinski definition) is 2. The zero-order valence-corrected chi connectivity index (χ0v) is 25.7. The van der Waals surface area contributed by atoms with Gasteiger partial charge >= 0.3 is 6.03 Å². The fourth-order valence-corrected chi connectivity index (χ4v) is 6.43. The Balaban J connectivity index is 1.33. The average Bonchev–Trinajstić information content (AvgIpc) is 3.63. The van der Waals surface area contributed by atoms with Gasteiger partial charge in [0.15, 0.2) is 0 Å². The Kier molecular flexibility index (Phi) is 8.90. The third kappa shape index (κ3) is 6.12. The molecule has 4 amide bonds. The first kappa shape index (κ1) is 30.7. The van der Waals surface area contributed by atoms with Crippen LogP contribution in [0, 0.1) is 12.3 Å². The normalized spacial score (nSPS) is 18.1. The number of amides is 4. The predicted octanol–water partition coefficient (Wildman–Crippen LogP) is 3.34. The molecule has 46 heavy (non-hydrogen) atoms. The summed E-state index contributed by atoms with van der Waals surface area (Å²) in [6.45, 7) is 3.49. The van der Waals surface area contributed by atoms with Gasteiger partial charge in [0.05, 0.1) is 24.8 Å². The van der Waals surface area contributed by atoms with E-state index in [1.165, 1.54) is 0 Å². The van der Waals surface area contributed by atoms with Crippen molar-refractivity contribution in [3.8, 4) is 18.1 Å². The van der Waals surface area contributed by atoms with Crippen molar-refractivity contribution < 1.29 is 19.5 Å². The SMILES string of the molecule is C#CCn1ncc2cccc(CN3C[C@H]4N(C(=O)CN4N(CCC)C(=O)NCc4ccccc4)[C@@H](Cc4ccc(O)cc4)C3=O)c21. The highest BCUT2D eigenvalue weighted by atomic mass is 16.3. The maximum absolute atomic E-state index is 14.3. The van der Waals surface area contributed by atoms with Gasteiger partial charge in [0, 0.05) is 31.4 Å². The number of aromatic nitrogens is 2. The second-order valence-corrected chi connectivity index (χ2v) is 11.6. The summed E-state index contributed by atoms with van der Waals surface area (Å²) in [6, 6.07) is 21.1. The largest absolute Gasteiger partial charge is 0.508 e. The first-order valence-electron chi connectivity index (χ1n) is 15.5. The number of para-hydroxylation sites is 1. The van der Waals surface area contributed by atoms with E-state index in [-0.39, 0.29) is 49.7 Å². The highest BCUT2D eigenvalue weighted by molar-refractivity contribution is 5.92. The van der Waals surface area contributed by atoms with Crippen LogP contribution >= 0.6 is 0 Å². The van der Waals surface area contributed by atoms with Gasteiger partial charge in [-0.05, 0) is 35.2 Å². The third-order valence-electron chi connectivity index (χ3n) is 8.55. The van der Waals surface area contributed by atoms with E-state index in [1.54, 1.807) is 55.0 Å². The Bertz CT molecular complexity index is 1770. The summed E-state index contributed by atoms with van der Waals surface area (Å²) in [6.07, 6.45) is 7.76. The lowest BCUT2D eigenvalue weighted by molar-refractivity contribution is -0.157. The second-order valence-electron chi connectivity index (χ2n) is 11.6. The van der Waals surface area contributed by atoms with Gasteiger partial charge in [-0.3, -0.25) is 19.3 Å². The number of urea groups is 1. The van der Waals surface area contributed by atoms with Gasteiger partial charge in [0.1, 0.15) is 24.5 Å². The number of fused-ring (bicyclic) bond motifs is 2. The van der Waals surface area contributed by atoms with Crippen LogP contribution in [0.3, 0.4) is 0 Å². The molecule has 0 unspecified atom stereocenters. The zero-order valence-electron chi connectivity index (χ0n) is 25.7. The lowest BCUT2D eigenvalue weighted by atomic mass is 9.99. The standard InChI is InChI=1S/C35H37N7O4/c1-3-17-39-33-27(21-37-39)11-8-12-28(33)22-38-23-31-41(40(18-4-2)35(46)36-20-26-9-6-5-7-10-26)24-32(44)42(31)30(34(38)45)19-25-13-15-29(43)16-14-25/h1,5-16,21,30-31,43H,4,17-20,22-24H2,2H3,(H,36,46)/t30-,31+/m0/s1. The first-order valence-corrected chi connectivity index (χ1v) is 15.5. The molecule has 0 saturated carbocycles. The molecule has 1 aromatic heterocycles. The molecule has 0 bridgehead atoms. The van der Waals surface area contributed by atoms with Crippen LogP contribution in [0.1, 0.15) is 30.0 Å². The van der Waals surface area contributed by atoms with Crippen LogP contribution < -0.4 is 5.32 Å². The minimum atomic E-state index is -0.800. The van der Waals surface area contributed by atoms with E-state index in [0.717, 1.165) is 27.6 Å². The van der Waals surface area contributed by atoms with E-state index >= 15 is 0 Å². The number of benzene rings is 3. The van der Waals surface area contributed by atoms with Crippen molar-refractivity contribution in [1.29, 1.82) is 0 Å². The molecule has 0 radical (unpaired) electrons. The first-order chi connectivity index (χ1) is 22.4. The molecule has 6 rings (SSSR count). The zero-order chi connectivity index (χ0) is 32.2. The Labute approximate surface area is 267 Å². The minimum Gasteiger partial charge on any atom is -0.508 e. The number of carbonyl (C=O) groups excluding carboxylic acids is 3. The summed E-state index contributed by atoms with van der Waals surface area (Å²) >= 11 is 0. The molecule has 236 valence electrons. The summed E-state index contributed by atoms with van der Waals surface area (Å²) in [5.74, 6) is 2.37. The number of phenols is 1. The van der Waals surface area contributed by atoms with Gasteiger partial charge < -0.3 is 20.2 Å². The van der Waals surface area contributed by atoms with E-state index in [2.05, 4.69) is 16.3 Å². The second kappa shape index (κ2) is 13.3. The molecule has 11 nitrogen and oxygen atoms in total. The van der Waals surface area contributed by atoms with Crippen molar-refractivity contribution in [2.45, 2.75) is 51.6 Å². The summed E-state index contributed by atoms with van der Waals surface area (Å²) in [5.41, 5.74) is 3.52. The highest BCUT2D eigenvalue weighted by Gasteiger charge is 2.52. The molecule has 11 heteroatoms. The summed E-state index contributed by atoms with van der Waals surface area (Å²) in [4.78, 5) is 45.1. The van der Waals surface area contributed by atoms with Crippen LogP contribution in [0.4, 0.5) is 4.79 Å². The van der Waals surface area contributed by atoms with Gasteiger partial charge in [-0.25, -0.2) is 4.79 Å². The van der Waals surface area contributed by atoms with Crippen molar-refractivity contribution in [1.82, 2.24) is 34.9 Å². The molecule has 4 aromatic rings. The number of aromatic hydroxyl groups is 1. The van der Waals surface area contributed by atoms with Crippen LogP contribution in [-0.4, -0.2) is 84.4 Å². The lowest BCUT2D eigenvalue weighted by Crippen LogP contribution is -2.66. The summed E-state index contributed by atoms with van der Waals surface area (Å²) in [7, 11) is 0. The molecule has 2 N–H and O–H groups in total. The molecule has 3 aromatic carbocycles. The topological polar surface area (TPSA) is 114 Å². The summed E-state index contributed by atoms with van der Waals surface area (Å²) < 4.78 is 1.75. The number of phenolic OH excluding ortho intramolecular Hbond substituents is 1. The number of carbonyl (C=O) groups is 3. The average molecular weight is 620 g/mol. The molecule has 2 fully saturated rings. The van der Waals surface area contributed by atoms with Gasteiger partial charge in [-0.15, -0.1) is 6.42 Å². The molecule has 2 aliphatic rings. The number of hydrogen-bond acceptors (Lipinski definition) is 6. The van der Waals surface area contributed by atoms with E-state index < -0.39 is 12.2 Å². The maximum Gasteiger partial charge on any atom is 0.332 e. The number of nitrogens with one attached hydrogen (secondary N) is 1. The monoisotopic (exact) mass is 619 g/mol. The number of rotatable bonds is 10. The van der Waals surface area contributed by atoms with Crippen LogP contribution in [0.2, 0.25) is 0 Å². The highest BCUT2D eigenvalue weighted by Crippen LogP contribution is 2.31. The molecule has 3 heterocycles. The Hall–Kier alpha value is -5.34. The molecular formula is C35H37N7O4. The molecule has 0 spiro atoms. The molecule has 2 atom stereocenters. The van der Waals surface area contributed by atoms with Crippen LogP contribution in [0.15, 0.2) is 79.0 Å². The number of piperazine rings is 1. The molecular weight excluding hydrogens is 582 g/mol. The Morgan fingerprint density at radius 1 is 1.07 bits per heavy atom. The van der Waals surface area contributed by atoms with Crippen LogP contribution in [0.25, 0.3) is 10.9 Å². The molecule has 0 aliphatic carbocycles. The van der Waals surface area contributed by atoms with Crippen molar-refractivity contribution in [2.24, 2.45) is 0 Å². The fraction of sp³-hybridized carbons (Fsp3) is 0.314. The fourth-order valence-electron chi connectivity index (χ4n) is 6.43. The maximum atomic E-state index is 14.3. The van der Waals surface area contributed by atoms with E-state index in [0.29, 0.717) is 26.1 Å². The van der Waals surface area contributed by atoms with Crippen LogP contribution in [-0.2, 0) is 35.6 Å². The lowest BCUT2D eigenvalue weighted by Gasteiger charge is -2.46. The van der Waals surface area contributed by atoms with E-state index in [1.807, 2.05) is 55.5 Å². The van der Waals surface area contributed by atoms with Crippen molar-refractivity contribution in [3.63, 3.8) is 0 Å². The van der Waals surface area contributed by atoms with Gasteiger partial charge in [-0.1, -0.05) is 73.5 Å². The molecule has 2 aliphatic heterocycles. The Morgan fingerprint density at radius 2 is 1.85 bits per heavy atom. The van der Waals surface area contributed by atoms with Gasteiger partial charge in [0.25, 0.3) is 0 Å².